The van der Waals surface area contributed by atoms with Crippen LogP contribution < -0.4 is 0 Å². The van der Waals surface area contributed by atoms with Crippen LogP contribution in [-0.4, -0.2) is 29.2 Å². The summed E-state index contributed by atoms with van der Waals surface area (Å²) in [7, 11) is 0. The molecule has 0 unspecified atom stereocenters. The molecule has 0 bridgehead atoms. The van der Waals surface area contributed by atoms with Gasteiger partial charge in [-0.3, -0.25) is 9.59 Å². The van der Waals surface area contributed by atoms with Gasteiger partial charge in [0.1, 0.15) is 5.78 Å². The Balaban J connectivity index is 2.17. The number of ketones is 1. The summed E-state index contributed by atoms with van der Waals surface area (Å²) in [6.07, 6.45) is 4.43. The van der Waals surface area contributed by atoms with E-state index in [1.165, 1.54) is 0 Å². The second-order valence-electron chi connectivity index (χ2n) is 2.95. The summed E-state index contributed by atoms with van der Waals surface area (Å²) in [5, 5.41) is 0. The molecule has 0 radical (unpaired) electrons. The number of piperidine rings is 1. The van der Waals surface area contributed by atoms with Crippen LogP contribution in [-0.2, 0) is 9.59 Å². The fourth-order valence-electron chi connectivity index (χ4n) is 1.59. The van der Waals surface area contributed by atoms with Gasteiger partial charge in [-0.15, -0.1) is 0 Å². The van der Waals surface area contributed by atoms with Gasteiger partial charge in [0.25, 0.3) is 0 Å². The molecule has 1 fully saturated rings. The van der Waals surface area contributed by atoms with Crippen molar-refractivity contribution in [3.8, 4) is 0 Å². The molecule has 0 saturated carbocycles. The maximum atomic E-state index is 11.0. The Kier molecular flexibility index (Phi) is 1.31. The number of hydrogen-bond donors (Lipinski definition) is 0. The second kappa shape index (κ2) is 2.19. The maximum Gasteiger partial charge on any atom is 0.246 e. The van der Waals surface area contributed by atoms with Crippen LogP contribution in [0.1, 0.15) is 12.8 Å². The average Bonchev–Trinajstić information content (AvgIpc) is 2.32. The van der Waals surface area contributed by atoms with Crippen LogP contribution >= 0.6 is 0 Å². The van der Waals surface area contributed by atoms with E-state index in [1.54, 1.807) is 11.0 Å². The second-order valence-corrected chi connectivity index (χ2v) is 2.95. The van der Waals surface area contributed by atoms with E-state index < -0.39 is 0 Å². The van der Waals surface area contributed by atoms with E-state index in [0.29, 0.717) is 19.4 Å². The highest BCUT2D eigenvalue weighted by Gasteiger charge is 2.31. The summed E-state index contributed by atoms with van der Waals surface area (Å²) in [6, 6.07) is 0.0729. The van der Waals surface area contributed by atoms with Crippen molar-refractivity contribution in [2.24, 2.45) is 0 Å². The first-order valence-corrected chi connectivity index (χ1v) is 3.78. The number of nitrogens with zero attached hydrogens (tertiary/aromatic N) is 1. The number of Topliss-reactive ketones (excluding diaryl/α,β-unsaturated/α-hetero) is 1. The lowest BCUT2D eigenvalue weighted by Crippen LogP contribution is -2.41. The van der Waals surface area contributed by atoms with Crippen molar-refractivity contribution in [3.05, 3.63) is 12.2 Å². The molecule has 0 aromatic rings. The van der Waals surface area contributed by atoms with E-state index in [4.69, 9.17) is 0 Å². The van der Waals surface area contributed by atoms with Gasteiger partial charge >= 0.3 is 0 Å². The van der Waals surface area contributed by atoms with E-state index in [-0.39, 0.29) is 17.7 Å². The summed E-state index contributed by atoms with van der Waals surface area (Å²) in [5.41, 5.74) is 0. The third kappa shape index (κ3) is 0.964. The molecule has 2 aliphatic rings. The van der Waals surface area contributed by atoms with E-state index in [1.807, 2.05) is 6.08 Å². The maximum absolute atomic E-state index is 11.0. The standard InChI is InChI=1S/C8H9NO2/c10-7-3-4-9-6(5-7)1-2-8(9)11/h1-2,6H,3-5H2/t6-/m1/s1. The fraction of sp³-hybridized carbons (Fsp3) is 0.500. The van der Waals surface area contributed by atoms with Gasteiger partial charge < -0.3 is 4.90 Å². The molecule has 1 amide bonds. The Morgan fingerprint density at radius 1 is 1.45 bits per heavy atom. The first-order valence-electron chi connectivity index (χ1n) is 3.78. The SMILES string of the molecule is O=C1CCN2C(=O)C=C[C@@H]2C1. The quantitative estimate of drug-likeness (QED) is 0.493. The highest BCUT2D eigenvalue weighted by Crippen LogP contribution is 2.20. The van der Waals surface area contributed by atoms with Crippen LogP contribution in [0.5, 0.6) is 0 Å². The minimum atomic E-state index is 0.0579. The lowest BCUT2D eigenvalue weighted by atomic mass is 10.0. The van der Waals surface area contributed by atoms with Gasteiger partial charge in [-0.2, -0.15) is 0 Å². The van der Waals surface area contributed by atoms with Crippen molar-refractivity contribution in [2.45, 2.75) is 18.9 Å². The Bertz CT molecular complexity index is 244. The average molecular weight is 151 g/mol. The lowest BCUT2D eigenvalue weighted by molar-refractivity contribution is -0.131. The molecule has 2 aliphatic heterocycles. The molecule has 0 aliphatic carbocycles. The van der Waals surface area contributed by atoms with Gasteiger partial charge in [-0.05, 0) is 0 Å². The highest BCUT2D eigenvalue weighted by atomic mass is 16.2. The Morgan fingerprint density at radius 3 is 3.09 bits per heavy atom. The molecule has 0 N–H and O–H groups in total. The molecule has 0 aromatic carbocycles. The largest absolute Gasteiger partial charge is 0.332 e. The van der Waals surface area contributed by atoms with Gasteiger partial charge in [-0.25, -0.2) is 0 Å². The normalized spacial score (nSPS) is 29.5. The third-order valence-corrected chi connectivity index (χ3v) is 2.21. The van der Waals surface area contributed by atoms with E-state index in [0.717, 1.165) is 0 Å². The summed E-state index contributed by atoms with van der Waals surface area (Å²) >= 11 is 0. The monoisotopic (exact) mass is 151 g/mol. The molecule has 1 atom stereocenters. The predicted octanol–water partition coefficient (Wildman–Crippen LogP) is 0.116. The van der Waals surface area contributed by atoms with Crippen LogP contribution in [0.3, 0.4) is 0 Å². The van der Waals surface area contributed by atoms with Crippen molar-refractivity contribution >= 4 is 11.7 Å². The van der Waals surface area contributed by atoms with Crippen LogP contribution in [0.15, 0.2) is 12.2 Å². The molecule has 1 saturated heterocycles. The Morgan fingerprint density at radius 2 is 2.27 bits per heavy atom. The molecule has 2 heterocycles. The van der Waals surface area contributed by atoms with Gasteiger partial charge in [0.15, 0.2) is 0 Å². The molecule has 58 valence electrons. The van der Waals surface area contributed by atoms with Crippen molar-refractivity contribution in [3.63, 3.8) is 0 Å². The van der Waals surface area contributed by atoms with E-state index >= 15 is 0 Å². The van der Waals surface area contributed by atoms with Crippen LogP contribution in [0.25, 0.3) is 0 Å². The number of amides is 1. The topological polar surface area (TPSA) is 37.4 Å². The zero-order valence-electron chi connectivity index (χ0n) is 6.12. The molecule has 0 spiro atoms. The molecule has 3 nitrogen and oxygen atoms in total. The fourth-order valence-corrected chi connectivity index (χ4v) is 1.59. The number of rotatable bonds is 0. The molecular formula is C8H9NO2. The number of carbonyl (C=O) groups excluding carboxylic acids is 2. The van der Waals surface area contributed by atoms with Crippen LogP contribution in [0, 0.1) is 0 Å². The summed E-state index contributed by atoms with van der Waals surface area (Å²) in [5.74, 6) is 0.327. The minimum absolute atomic E-state index is 0.0579. The van der Waals surface area contributed by atoms with Crippen LogP contribution in [0.2, 0.25) is 0 Å². The van der Waals surface area contributed by atoms with Crippen LogP contribution in [0.4, 0.5) is 0 Å². The molecule has 0 aromatic heterocycles. The summed E-state index contributed by atoms with van der Waals surface area (Å²) in [4.78, 5) is 23.7. The van der Waals surface area contributed by atoms with E-state index in [2.05, 4.69) is 0 Å². The molecule has 11 heavy (non-hydrogen) atoms. The number of fused-ring (bicyclic) bond motifs is 1. The smallest absolute Gasteiger partial charge is 0.246 e. The zero-order chi connectivity index (χ0) is 7.84. The first-order chi connectivity index (χ1) is 5.27. The van der Waals surface area contributed by atoms with Crippen molar-refractivity contribution < 1.29 is 9.59 Å². The minimum Gasteiger partial charge on any atom is -0.332 e. The van der Waals surface area contributed by atoms with Crippen molar-refractivity contribution in [1.82, 2.24) is 4.90 Å². The zero-order valence-corrected chi connectivity index (χ0v) is 6.12. The Labute approximate surface area is 64.7 Å². The van der Waals surface area contributed by atoms with Crippen molar-refractivity contribution in [2.75, 3.05) is 6.54 Å². The number of carbonyl (C=O) groups is 2. The van der Waals surface area contributed by atoms with Crippen molar-refractivity contribution in [1.29, 1.82) is 0 Å². The van der Waals surface area contributed by atoms with Gasteiger partial charge in [0.05, 0.1) is 6.04 Å². The first kappa shape index (κ1) is 6.58. The number of hydrogen-bond acceptors (Lipinski definition) is 2. The molecule has 3 heteroatoms. The third-order valence-electron chi connectivity index (χ3n) is 2.21. The van der Waals surface area contributed by atoms with Gasteiger partial charge in [-0.1, -0.05) is 6.08 Å². The van der Waals surface area contributed by atoms with E-state index in [9.17, 15) is 9.59 Å². The highest BCUT2D eigenvalue weighted by molar-refractivity contribution is 5.93. The predicted molar refractivity (Wildman–Crippen MR) is 38.9 cm³/mol. The van der Waals surface area contributed by atoms with Gasteiger partial charge in [0.2, 0.25) is 5.91 Å². The lowest BCUT2D eigenvalue weighted by Gasteiger charge is -2.28. The summed E-state index contributed by atoms with van der Waals surface area (Å²) < 4.78 is 0. The Hall–Kier alpha value is -1.12. The molecular weight excluding hydrogens is 142 g/mol. The molecule has 2 rings (SSSR count). The van der Waals surface area contributed by atoms with Gasteiger partial charge in [0, 0.05) is 25.5 Å². The summed E-state index contributed by atoms with van der Waals surface area (Å²) in [6.45, 7) is 0.606.